The minimum atomic E-state index is 0.499. The summed E-state index contributed by atoms with van der Waals surface area (Å²) in [4.78, 5) is 2.78. The van der Waals surface area contributed by atoms with Gasteiger partial charge in [-0.15, -0.1) is 0 Å². The minimum Gasteiger partial charge on any atom is -0.307 e. The van der Waals surface area contributed by atoms with Gasteiger partial charge in [-0.2, -0.15) is 0 Å². The van der Waals surface area contributed by atoms with Gasteiger partial charge in [0.15, 0.2) is 0 Å². The van der Waals surface area contributed by atoms with Crippen LogP contribution in [0.3, 0.4) is 0 Å². The van der Waals surface area contributed by atoms with E-state index in [1.54, 1.807) is 0 Å². The molecule has 1 aromatic carbocycles. The lowest BCUT2D eigenvalue weighted by Gasteiger charge is -2.44. The van der Waals surface area contributed by atoms with Crippen molar-refractivity contribution < 1.29 is 0 Å². The van der Waals surface area contributed by atoms with E-state index in [9.17, 15) is 0 Å². The van der Waals surface area contributed by atoms with Crippen molar-refractivity contribution in [3.63, 3.8) is 0 Å². The van der Waals surface area contributed by atoms with Crippen molar-refractivity contribution in [2.45, 2.75) is 58.0 Å². The Morgan fingerprint density at radius 1 is 1.19 bits per heavy atom. The SMILES string of the molecule is CCC1CNC(c2ccccc2)CN1CC1(C)CCCC1. The number of nitrogens with zero attached hydrogens (tertiary/aromatic N) is 1. The van der Waals surface area contributed by atoms with E-state index in [4.69, 9.17) is 0 Å². The lowest BCUT2D eigenvalue weighted by Crippen LogP contribution is -2.54. The Morgan fingerprint density at radius 2 is 1.90 bits per heavy atom. The van der Waals surface area contributed by atoms with E-state index >= 15 is 0 Å². The summed E-state index contributed by atoms with van der Waals surface area (Å²) in [5.74, 6) is 0. The molecular formula is C19H30N2. The highest BCUT2D eigenvalue weighted by Crippen LogP contribution is 2.39. The van der Waals surface area contributed by atoms with Gasteiger partial charge in [0.1, 0.15) is 0 Å². The van der Waals surface area contributed by atoms with Crippen LogP contribution in [0.15, 0.2) is 30.3 Å². The molecule has 21 heavy (non-hydrogen) atoms. The largest absolute Gasteiger partial charge is 0.307 e. The van der Waals surface area contributed by atoms with Crippen molar-refractivity contribution in [1.29, 1.82) is 0 Å². The lowest BCUT2D eigenvalue weighted by molar-refractivity contribution is 0.0769. The minimum absolute atomic E-state index is 0.499. The number of hydrogen-bond acceptors (Lipinski definition) is 2. The summed E-state index contributed by atoms with van der Waals surface area (Å²) in [5.41, 5.74) is 2.00. The van der Waals surface area contributed by atoms with Crippen LogP contribution in [-0.4, -0.2) is 30.6 Å². The van der Waals surface area contributed by atoms with Crippen LogP contribution in [0.2, 0.25) is 0 Å². The third-order valence-corrected chi connectivity index (χ3v) is 5.60. The van der Waals surface area contributed by atoms with Crippen LogP contribution in [0, 0.1) is 5.41 Å². The van der Waals surface area contributed by atoms with E-state index in [1.807, 2.05) is 0 Å². The molecule has 1 aliphatic heterocycles. The van der Waals surface area contributed by atoms with Gasteiger partial charge in [0.05, 0.1) is 0 Å². The third-order valence-electron chi connectivity index (χ3n) is 5.60. The fourth-order valence-corrected chi connectivity index (χ4v) is 4.24. The molecule has 1 saturated heterocycles. The molecule has 0 aromatic heterocycles. The van der Waals surface area contributed by atoms with E-state index in [-0.39, 0.29) is 0 Å². The summed E-state index contributed by atoms with van der Waals surface area (Å²) >= 11 is 0. The number of hydrogen-bond donors (Lipinski definition) is 1. The van der Waals surface area contributed by atoms with Crippen molar-refractivity contribution in [2.24, 2.45) is 5.41 Å². The maximum Gasteiger partial charge on any atom is 0.0449 e. The molecule has 2 heteroatoms. The van der Waals surface area contributed by atoms with Gasteiger partial charge in [0.2, 0.25) is 0 Å². The average Bonchev–Trinajstić information content (AvgIpc) is 2.94. The molecule has 2 fully saturated rings. The second-order valence-electron chi connectivity index (χ2n) is 7.38. The van der Waals surface area contributed by atoms with Gasteiger partial charge in [-0.3, -0.25) is 4.90 Å². The highest BCUT2D eigenvalue weighted by Gasteiger charge is 2.35. The topological polar surface area (TPSA) is 15.3 Å². The zero-order chi connectivity index (χ0) is 14.7. The van der Waals surface area contributed by atoms with Crippen LogP contribution < -0.4 is 5.32 Å². The smallest absolute Gasteiger partial charge is 0.0449 e. The summed E-state index contributed by atoms with van der Waals surface area (Å²) in [6.07, 6.45) is 6.96. The van der Waals surface area contributed by atoms with Crippen molar-refractivity contribution in [2.75, 3.05) is 19.6 Å². The average molecular weight is 286 g/mol. The first-order valence-corrected chi connectivity index (χ1v) is 8.72. The zero-order valence-electron chi connectivity index (χ0n) is 13.6. The molecule has 2 nitrogen and oxygen atoms in total. The van der Waals surface area contributed by atoms with E-state index in [1.165, 1.54) is 44.2 Å². The number of nitrogens with one attached hydrogen (secondary N) is 1. The zero-order valence-corrected chi connectivity index (χ0v) is 13.6. The first-order chi connectivity index (χ1) is 10.2. The molecule has 2 aliphatic rings. The summed E-state index contributed by atoms with van der Waals surface area (Å²) in [5, 5.41) is 3.76. The van der Waals surface area contributed by atoms with Crippen molar-refractivity contribution in [3.05, 3.63) is 35.9 Å². The lowest BCUT2D eigenvalue weighted by atomic mass is 9.86. The molecule has 1 saturated carbocycles. The molecule has 0 radical (unpaired) electrons. The second-order valence-corrected chi connectivity index (χ2v) is 7.38. The molecule has 1 aliphatic carbocycles. The highest BCUT2D eigenvalue weighted by molar-refractivity contribution is 5.20. The van der Waals surface area contributed by atoms with Gasteiger partial charge in [-0.1, -0.05) is 57.0 Å². The Balaban J connectivity index is 1.70. The normalized spacial score (nSPS) is 29.6. The van der Waals surface area contributed by atoms with Crippen LogP contribution in [0.5, 0.6) is 0 Å². The Kier molecular flexibility index (Phi) is 4.66. The van der Waals surface area contributed by atoms with Crippen molar-refractivity contribution in [3.8, 4) is 0 Å². The van der Waals surface area contributed by atoms with E-state index in [0.717, 1.165) is 13.1 Å². The van der Waals surface area contributed by atoms with Gasteiger partial charge in [-0.25, -0.2) is 0 Å². The molecule has 3 rings (SSSR count). The Morgan fingerprint density at radius 3 is 2.57 bits per heavy atom. The maximum atomic E-state index is 3.76. The monoisotopic (exact) mass is 286 g/mol. The van der Waals surface area contributed by atoms with Gasteiger partial charge in [0.25, 0.3) is 0 Å². The fraction of sp³-hybridized carbons (Fsp3) is 0.684. The molecule has 1 N–H and O–H groups in total. The molecule has 2 unspecified atom stereocenters. The van der Waals surface area contributed by atoms with Gasteiger partial charge < -0.3 is 5.32 Å². The molecule has 1 heterocycles. The van der Waals surface area contributed by atoms with Crippen LogP contribution in [0.1, 0.15) is 57.6 Å². The number of rotatable bonds is 4. The number of piperazine rings is 1. The molecule has 2 atom stereocenters. The number of benzene rings is 1. The first-order valence-electron chi connectivity index (χ1n) is 8.72. The van der Waals surface area contributed by atoms with Crippen molar-refractivity contribution >= 4 is 0 Å². The standard InChI is InChI=1S/C19H30N2/c1-3-17-13-20-18(16-9-5-4-6-10-16)14-21(17)15-19(2)11-7-8-12-19/h4-6,9-10,17-18,20H,3,7-8,11-15H2,1-2H3. The Labute approximate surface area is 129 Å². The molecule has 0 amide bonds. The quantitative estimate of drug-likeness (QED) is 0.900. The van der Waals surface area contributed by atoms with E-state index in [0.29, 0.717) is 17.5 Å². The highest BCUT2D eigenvalue weighted by atomic mass is 15.2. The predicted octanol–water partition coefficient (Wildman–Crippen LogP) is 3.99. The fourth-order valence-electron chi connectivity index (χ4n) is 4.24. The van der Waals surface area contributed by atoms with Gasteiger partial charge >= 0.3 is 0 Å². The molecular weight excluding hydrogens is 256 g/mol. The summed E-state index contributed by atoms with van der Waals surface area (Å²) in [7, 11) is 0. The maximum absolute atomic E-state index is 3.76. The van der Waals surface area contributed by atoms with E-state index in [2.05, 4.69) is 54.4 Å². The van der Waals surface area contributed by atoms with Crippen LogP contribution in [-0.2, 0) is 0 Å². The molecule has 0 spiro atoms. The van der Waals surface area contributed by atoms with Crippen LogP contribution in [0.25, 0.3) is 0 Å². The Bertz CT molecular complexity index is 436. The predicted molar refractivity (Wildman–Crippen MR) is 89.4 cm³/mol. The van der Waals surface area contributed by atoms with Gasteiger partial charge in [0, 0.05) is 31.7 Å². The van der Waals surface area contributed by atoms with Gasteiger partial charge in [-0.05, 0) is 30.2 Å². The van der Waals surface area contributed by atoms with Crippen LogP contribution in [0.4, 0.5) is 0 Å². The molecule has 0 bridgehead atoms. The van der Waals surface area contributed by atoms with Crippen LogP contribution >= 0.6 is 0 Å². The second kappa shape index (κ2) is 6.50. The van der Waals surface area contributed by atoms with E-state index < -0.39 is 0 Å². The first kappa shape index (κ1) is 15.1. The summed E-state index contributed by atoms with van der Waals surface area (Å²) < 4.78 is 0. The summed E-state index contributed by atoms with van der Waals surface area (Å²) in [6, 6.07) is 12.2. The third kappa shape index (κ3) is 3.49. The van der Waals surface area contributed by atoms with Crippen molar-refractivity contribution in [1.82, 2.24) is 10.2 Å². The Hall–Kier alpha value is -0.860. The molecule has 1 aromatic rings. The summed E-state index contributed by atoms with van der Waals surface area (Å²) in [6.45, 7) is 8.42. The molecule has 116 valence electrons.